The molecule has 1 aromatic carbocycles. The molecule has 0 aliphatic rings. The first-order chi connectivity index (χ1) is 13.3. The number of rotatable bonds is 5. The first-order valence-electron chi connectivity index (χ1n) is 8.03. The van der Waals surface area contributed by atoms with Crippen LogP contribution in [0.5, 0.6) is 0 Å². The molecule has 4 aromatic rings. The van der Waals surface area contributed by atoms with Gasteiger partial charge in [-0.1, -0.05) is 12.1 Å². The number of anilines is 1. The zero-order valence-electron chi connectivity index (χ0n) is 14.5. The molecular formula is C17H14N6O4S. The number of carboxylic acid groups (broad SMARTS) is 1. The lowest BCUT2D eigenvalue weighted by Gasteiger charge is -2.08. The lowest BCUT2D eigenvalue weighted by Crippen LogP contribution is -2.13. The minimum atomic E-state index is -3.93. The smallest absolute Gasteiger partial charge is 0.335 e. The lowest BCUT2D eigenvalue weighted by molar-refractivity contribution is 0.0696. The third-order valence-corrected chi connectivity index (χ3v) is 5.42. The van der Waals surface area contributed by atoms with Crippen LogP contribution in [0.15, 0.2) is 60.0 Å². The number of para-hydroxylation sites is 1. The van der Waals surface area contributed by atoms with Crippen LogP contribution in [0.2, 0.25) is 0 Å². The van der Waals surface area contributed by atoms with Crippen LogP contribution >= 0.6 is 0 Å². The van der Waals surface area contributed by atoms with Crippen molar-refractivity contribution in [2.75, 3.05) is 4.72 Å². The maximum Gasteiger partial charge on any atom is 0.335 e. The van der Waals surface area contributed by atoms with E-state index in [0.717, 1.165) is 5.39 Å². The van der Waals surface area contributed by atoms with E-state index in [9.17, 15) is 13.2 Å². The van der Waals surface area contributed by atoms with E-state index in [4.69, 9.17) is 5.11 Å². The van der Waals surface area contributed by atoms with Crippen molar-refractivity contribution in [2.45, 2.75) is 4.90 Å². The van der Waals surface area contributed by atoms with Crippen LogP contribution in [-0.4, -0.2) is 44.0 Å². The topological polar surface area (TPSA) is 132 Å². The van der Waals surface area contributed by atoms with Crippen molar-refractivity contribution in [3.05, 3.63) is 60.7 Å². The van der Waals surface area contributed by atoms with Gasteiger partial charge < -0.3 is 5.11 Å². The van der Waals surface area contributed by atoms with Crippen LogP contribution in [0.25, 0.3) is 16.7 Å². The van der Waals surface area contributed by atoms with Crippen LogP contribution < -0.4 is 4.72 Å². The minimum Gasteiger partial charge on any atom is -0.478 e. The fraction of sp³-hybridized carbons (Fsp3) is 0.0588. The number of fused-ring (bicyclic) bond motifs is 1. The first-order valence-corrected chi connectivity index (χ1v) is 9.51. The number of aromatic carboxylic acids is 1. The highest BCUT2D eigenvalue weighted by Gasteiger charge is 2.20. The van der Waals surface area contributed by atoms with Gasteiger partial charge in [0.2, 0.25) is 0 Å². The van der Waals surface area contributed by atoms with Gasteiger partial charge in [0.05, 0.1) is 35.4 Å². The number of carboxylic acids is 1. The second-order valence-electron chi connectivity index (χ2n) is 5.95. The summed E-state index contributed by atoms with van der Waals surface area (Å²) in [5, 5.41) is 18.0. The van der Waals surface area contributed by atoms with Gasteiger partial charge in [-0.05, 0) is 18.2 Å². The van der Waals surface area contributed by atoms with E-state index in [0.29, 0.717) is 11.2 Å². The number of nitrogens with zero attached hydrogens (tertiary/aromatic N) is 5. The molecule has 0 radical (unpaired) electrons. The van der Waals surface area contributed by atoms with Gasteiger partial charge in [-0.3, -0.25) is 9.40 Å². The summed E-state index contributed by atoms with van der Waals surface area (Å²) < 4.78 is 30.9. The van der Waals surface area contributed by atoms with Gasteiger partial charge >= 0.3 is 5.97 Å². The summed E-state index contributed by atoms with van der Waals surface area (Å²) in [7, 11) is -2.21. The Morgan fingerprint density at radius 1 is 1.18 bits per heavy atom. The summed E-state index contributed by atoms with van der Waals surface area (Å²) in [6, 6.07) is 7.84. The van der Waals surface area contributed by atoms with E-state index in [-0.39, 0.29) is 16.3 Å². The Morgan fingerprint density at radius 3 is 2.79 bits per heavy atom. The Balaban J connectivity index is 1.68. The quantitative estimate of drug-likeness (QED) is 0.522. The normalized spacial score (nSPS) is 11.6. The number of carbonyl (C=O) groups is 1. The summed E-state index contributed by atoms with van der Waals surface area (Å²) in [5.41, 5.74) is 1.05. The molecule has 0 saturated heterocycles. The fourth-order valence-corrected chi connectivity index (χ4v) is 3.76. The molecule has 0 amide bonds. The summed E-state index contributed by atoms with van der Waals surface area (Å²) in [6.45, 7) is 0. The average Bonchev–Trinajstić information content (AvgIpc) is 3.30. The minimum absolute atomic E-state index is 0.0194. The summed E-state index contributed by atoms with van der Waals surface area (Å²) >= 11 is 0. The van der Waals surface area contributed by atoms with Crippen molar-refractivity contribution >= 4 is 32.6 Å². The van der Waals surface area contributed by atoms with E-state index in [2.05, 4.69) is 19.9 Å². The number of aromatic nitrogens is 5. The number of hydrogen-bond acceptors (Lipinski definition) is 6. The van der Waals surface area contributed by atoms with Crippen LogP contribution in [-0.2, 0) is 17.1 Å². The van der Waals surface area contributed by atoms with Crippen molar-refractivity contribution in [3.63, 3.8) is 0 Å². The molecule has 4 rings (SSSR count). The van der Waals surface area contributed by atoms with Crippen molar-refractivity contribution in [3.8, 4) is 5.82 Å². The molecule has 3 heterocycles. The van der Waals surface area contributed by atoms with Crippen molar-refractivity contribution in [1.82, 2.24) is 24.5 Å². The van der Waals surface area contributed by atoms with Crippen molar-refractivity contribution in [1.29, 1.82) is 0 Å². The van der Waals surface area contributed by atoms with Crippen molar-refractivity contribution < 1.29 is 18.3 Å². The molecule has 0 aliphatic heterocycles. The fourth-order valence-electron chi connectivity index (χ4n) is 2.77. The molecule has 2 N–H and O–H groups in total. The Morgan fingerprint density at radius 2 is 2.00 bits per heavy atom. The highest BCUT2D eigenvalue weighted by Crippen LogP contribution is 2.25. The Bertz CT molecular complexity index is 1310. The molecule has 0 fully saturated rings. The first kappa shape index (κ1) is 17.7. The average molecular weight is 398 g/mol. The second kappa shape index (κ2) is 6.46. The third-order valence-electron chi connectivity index (χ3n) is 4.10. The van der Waals surface area contributed by atoms with E-state index < -0.39 is 16.0 Å². The van der Waals surface area contributed by atoms with E-state index in [1.54, 1.807) is 30.1 Å². The standard InChI is InChI=1S/C17H14N6O4S/c1-22-16-12(8-19-22)3-2-4-14(16)21-28(26,27)13-9-20-23(10-13)15-7-11(17(24)25)5-6-18-15/h2-10,21H,1H3,(H,24,25). The lowest BCUT2D eigenvalue weighted by atomic mass is 10.2. The number of nitrogens with one attached hydrogen (secondary N) is 1. The van der Waals surface area contributed by atoms with Gasteiger partial charge in [-0.2, -0.15) is 10.2 Å². The number of sulfonamides is 1. The zero-order chi connectivity index (χ0) is 19.9. The van der Waals surface area contributed by atoms with Crippen LogP contribution in [0.3, 0.4) is 0 Å². The van der Waals surface area contributed by atoms with Gasteiger partial charge in [0, 0.05) is 18.6 Å². The molecule has 0 bridgehead atoms. The Hall–Kier alpha value is -3.73. The predicted molar refractivity (Wildman–Crippen MR) is 99.8 cm³/mol. The molecule has 11 heteroatoms. The largest absolute Gasteiger partial charge is 0.478 e. The highest BCUT2D eigenvalue weighted by molar-refractivity contribution is 7.92. The molecular weight excluding hydrogens is 384 g/mol. The molecule has 28 heavy (non-hydrogen) atoms. The van der Waals surface area contributed by atoms with E-state index in [1.165, 1.54) is 35.4 Å². The molecule has 0 saturated carbocycles. The molecule has 0 unspecified atom stereocenters. The SMILES string of the molecule is Cn1ncc2cccc(NS(=O)(=O)c3cnn(-c4cc(C(=O)O)ccn4)c3)c21. The maximum absolute atomic E-state index is 12.8. The van der Waals surface area contributed by atoms with Gasteiger partial charge in [0.1, 0.15) is 4.90 Å². The molecule has 10 nitrogen and oxygen atoms in total. The van der Waals surface area contributed by atoms with Gasteiger partial charge in [0.25, 0.3) is 10.0 Å². The molecule has 3 aromatic heterocycles. The number of pyridine rings is 1. The van der Waals surface area contributed by atoms with Crippen LogP contribution in [0.4, 0.5) is 5.69 Å². The monoisotopic (exact) mass is 398 g/mol. The predicted octanol–water partition coefficient (Wildman–Crippen LogP) is 1.65. The van der Waals surface area contributed by atoms with Crippen LogP contribution in [0, 0.1) is 0 Å². The third kappa shape index (κ3) is 3.07. The second-order valence-corrected chi connectivity index (χ2v) is 7.63. The Labute approximate surface area is 159 Å². The number of hydrogen-bond donors (Lipinski definition) is 2. The maximum atomic E-state index is 12.8. The van der Waals surface area contributed by atoms with Gasteiger partial charge in [-0.25, -0.2) is 22.9 Å². The molecule has 0 spiro atoms. The van der Waals surface area contributed by atoms with Gasteiger partial charge in [0.15, 0.2) is 5.82 Å². The number of benzene rings is 1. The highest BCUT2D eigenvalue weighted by atomic mass is 32.2. The molecule has 0 atom stereocenters. The summed E-state index contributed by atoms with van der Waals surface area (Å²) in [5.74, 6) is -0.926. The zero-order valence-corrected chi connectivity index (χ0v) is 15.3. The van der Waals surface area contributed by atoms with E-state index >= 15 is 0 Å². The molecule has 142 valence electrons. The van der Waals surface area contributed by atoms with Crippen molar-refractivity contribution in [2.24, 2.45) is 7.05 Å². The molecule has 0 aliphatic carbocycles. The van der Waals surface area contributed by atoms with Gasteiger partial charge in [-0.15, -0.1) is 0 Å². The van der Waals surface area contributed by atoms with Crippen LogP contribution in [0.1, 0.15) is 10.4 Å². The Kier molecular flexibility index (Phi) is 4.08. The summed E-state index contributed by atoms with van der Waals surface area (Å²) in [4.78, 5) is 15.0. The summed E-state index contributed by atoms with van der Waals surface area (Å²) in [6.07, 6.45) is 5.39. The number of aryl methyl sites for hydroxylation is 1. The van der Waals surface area contributed by atoms with E-state index in [1.807, 2.05) is 6.07 Å².